The lowest BCUT2D eigenvalue weighted by molar-refractivity contribution is 0.0639. The molecule has 0 bridgehead atoms. The number of hydrogen-bond donors (Lipinski definition) is 1. The van der Waals surface area contributed by atoms with Crippen LogP contribution in [0.15, 0.2) is 12.4 Å². The first kappa shape index (κ1) is 20.8. The van der Waals surface area contributed by atoms with E-state index in [2.05, 4.69) is 37.0 Å². The van der Waals surface area contributed by atoms with Crippen molar-refractivity contribution in [3.05, 3.63) is 18.0 Å². The molecule has 0 spiro atoms. The van der Waals surface area contributed by atoms with E-state index in [1.807, 2.05) is 19.3 Å². The maximum Gasteiger partial charge on any atom is 0.407 e. The Labute approximate surface area is 168 Å². The average Bonchev–Trinajstić information content (AvgIpc) is 2.73. The van der Waals surface area contributed by atoms with Gasteiger partial charge in [-0.25, -0.2) is 14.8 Å². The van der Waals surface area contributed by atoms with Crippen LogP contribution in [-0.4, -0.2) is 84.8 Å². The van der Waals surface area contributed by atoms with E-state index in [9.17, 15) is 4.79 Å². The van der Waals surface area contributed by atoms with Crippen LogP contribution in [0.4, 0.5) is 10.7 Å². The van der Waals surface area contributed by atoms with Gasteiger partial charge in [0.15, 0.2) is 0 Å². The summed E-state index contributed by atoms with van der Waals surface area (Å²) in [6.07, 6.45) is 7.91. The Morgan fingerprint density at radius 2 is 1.93 bits per heavy atom. The summed E-state index contributed by atoms with van der Waals surface area (Å²) >= 11 is 0. The number of nitrogens with one attached hydrogen (secondary N) is 1. The molecule has 2 aliphatic rings. The topological polar surface area (TPSA) is 73.8 Å². The van der Waals surface area contributed by atoms with Crippen molar-refractivity contribution in [3.63, 3.8) is 0 Å². The number of aromatic nitrogens is 2. The number of amides is 1. The summed E-state index contributed by atoms with van der Waals surface area (Å²) in [5.74, 6) is 0.822. The van der Waals surface area contributed by atoms with Gasteiger partial charge in [-0.05, 0) is 32.9 Å². The molecule has 3 heterocycles. The number of hydrogen-bond acceptors (Lipinski definition) is 7. The van der Waals surface area contributed by atoms with Crippen LogP contribution in [0.25, 0.3) is 0 Å². The molecule has 0 radical (unpaired) electrons. The van der Waals surface area contributed by atoms with Crippen molar-refractivity contribution in [2.24, 2.45) is 0 Å². The minimum absolute atomic E-state index is 0.262. The lowest BCUT2D eigenvalue weighted by Gasteiger charge is -2.35. The number of carbonyl (C=O) groups excluding carboxylic acids is 1. The van der Waals surface area contributed by atoms with Gasteiger partial charge in [-0.1, -0.05) is 13.3 Å². The smallest absolute Gasteiger partial charge is 0.407 e. The highest BCUT2D eigenvalue weighted by molar-refractivity contribution is 5.67. The molecule has 2 fully saturated rings. The van der Waals surface area contributed by atoms with E-state index in [1.165, 1.54) is 12.8 Å². The summed E-state index contributed by atoms with van der Waals surface area (Å²) < 4.78 is 5.43. The van der Waals surface area contributed by atoms with Gasteiger partial charge in [-0.2, -0.15) is 0 Å². The molecule has 2 aliphatic heterocycles. The van der Waals surface area contributed by atoms with E-state index in [0.29, 0.717) is 13.2 Å². The van der Waals surface area contributed by atoms with E-state index >= 15 is 0 Å². The molecule has 1 unspecified atom stereocenters. The number of piperazine rings is 1. The van der Waals surface area contributed by atoms with Crippen LogP contribution in [0.1, 0.15) is 38.2 Å². The maximum atomic E-state index is 11.7. The van der Waals surface area contributed by atoms with Crippen molar-refractivity contribution in [3.8, 4) is 0 Å². The van der Waals surface area contributed by atoms with Crippen LogP contribution in [0.3, 0.4) is 0 Å². The molecule has 1 N–H and O–H groups in total. The molecule has 0 aliphatic carbocycles. The Bertz CT molecular complexity index is 603. The third-order valence-electron chi connectivity index (χ3n) is 5.54. The number of piperidine rings is 1. The van der Waals surface area contributed by atoms with Gasteiger partial charge >= 0.3 is 6.09 Å². The molecule has 8 heteroatoms. The Morgan fingerprint density at radius 1 is 1.18 bits per heavy atom. The SMILES string of the molecule is CCCNC(=O)OCC1CCCCN1Cc1cnc(N2CCN(C)CC2)nc1. The summed E-state index contributed by atoms with van der Waals surface area (Å²) in [5, 5.41) is 2.77. The van der Waals surface area contributed by atoms with Crippen molar-refractivity contribution < 1.29 is 9.53 Å². The van der Waals surface area contributed by atoms with Crippen LogP contribution in [0.2, 0.25) is 0 Å². The van der Waals surface area contributed by atoms with Crippen molar-refractivity contribution in [2.45, 2.75) is 45.2 Å². The number of nitrogens with zero attached hydrogens (tertiary/aromatic N) is 5. The number of rotatable bonds is 7. The number of ether oxygens (including phenoxy) is 1. The fourth-order valence-electron chi connectivity index (χ4n) is 3.74. The Balaban J connectivity index is 1.51. The number of anilines is 1. The van der Waals surface area contributed by atoms with Gasteiger partial charge in [0.05, 0.1) is 0 Å². The summed E-state index contributed by atoms with van der Waals surface area (Å²) in [5.41, 5.74) is 1.11. The predicted molar refractivity (Wildman–Crippen MR) is 109 cm³/mol. The van der Waals surface area contributed by atoms with E-state index in [-0.39, 0.29) is 12.1 Å². The number of carbonyl (C=O) groups is 1. The van der Waals surface area contributed by atoms with Crippen molar-refractivity contribution >= 4 is 12.0 Å². The fraction of sp³-hybridized carbons (Fsp3) is 0.750. The third kappa shape index (κ3) is 6.04. The zero-order chi connectivity index (χ0) is 19.8. The Morgan fingerprint density at radius 3 is 2.64 bits per heavy atom. The molecule has 1 amide bonds. The maximum absolute atomic E-state index is 11.7. The second kappa shape index (κ2) is 10.6. The van der Waals surface area contributed by atoms with Crippen molar-refractivity contribution in [1.29, 1.82) is 0 Å². The number of alkyl carbamates (subject to hydrolysis) is 1. The molecule has 8 nitrogen and oxygen atoms in total. The van der Waals surface area contributed by atoms with Crippen molar-refractivity contribution in [2.75, 3.05) is 57.8 Å². The number of likely N-dealkylation sites (tertiary alicyclic amines) is 1. The molecule has 1 aromatic heterocycles. The second-order valence-electron chi connectivity index (χ2n) is 7.83. The lowest BCUT2D eigenvalue weighted by Crippen LogP contribution is -2.45. The summed E-state index contributed by atoms with van der Waals surface area (Å²) in [6, 6.07) is 0.262. The minimum atomic E-state index is -0.313. The summed E-state index contributed by atoms with van der Waals surface area (Å²) in [6.45, 7) is 8.99. The highest BCUT2D eigenvalue weighted by Gasteiger charge is 2.24. The monoisotopic (exact) mass is 390 g/mol. The molecule has 156 valence electrons. The number of likely N-dealkylation sites (N-methyl/N-ethyl adjacent to an activating group) is 1. The first-order valence-corrected chi connectivity index (χ1v) is 10.5. The quantitative estimate of drug-likeness (QED) is 0.760. The third-order valence-corrected chi connectivity index (χ3v) is 5.54. The molecule has 0 saturated carbocycles. The van der Waals surface area contributed by atoms with Crippen LogP contribution in [-0.2, 0) is 11.3 Å². The molecule has 2 saturated heterocycles. The van der Waals surface area contributed by atoms with Gasteiger partial charge in [0.1, 0.15) is 6.61 Å². The first-order valence-electron chi connectivity index (χ1n) is 10.5. The molecular weight excluding hydrogens is 356 g/mol. The summed E-state index contributed by atoms with van der Waals surface area (Å²) in [7, 11) is 2.15. The molecule has 1 aromatic rings. The van der Waals surface area contributed by atoms with Crippen LogP contribution >= 0.6 is 0 Å². The van der Waals surface area contributed by atoms with E-state index in [0.717, 1.165) is 63.6 Å². The zero-order valence-electron chi connectivity index (χ0n) is 17.3. The fourth-order valence-corrected chi connectivity index (χ4v) is 3.74. The highest BCUT2D eigenvalue weighted by Crippen LogP contribution is 2.20. The largest absolute Gasteiger partial charge is 0.448 e. The Kier molecular flexibility index (Phi) is 7.85. The Hall–Kier alpha value is -1.93. The second-order valence-corrected chi connectivity index (χ2v) is 7.83. The zero-order valence-corrected chi connectivity index (χ0v) is 17.3. The van der Waals surface area contributed by atoms with E-state index in [1.54, 1.807) is 0 Å². The van der Waals surface area contributed by atoms with Crippen LogP contribution < -0.4 is 10.2 Å². The predicted octanol–water partition coefficient (Wildman–Crippen LogP) is 1.72. The standard InChI is InChI=1S/C20H34N6O2/c1-3-7-21-20(27)28-16-18-6-4-5-8-26(18)15-17-13-22-19(23-14-17)25-11-9-24(2)10-12-25/h13-14,18H,3-12,15-16H2,1-2H3,(H,21,27). The van der Waals surface area contributed by atoms with Crippen LogP contribution in [0.5, 0.6) is 0 Å². The highest BCUT2D eigenvalue weighted by atomic mass is 16.5. The average molecular weight is 391 g/mol. The minimum Gasteiger partial charge on any atom is -0.448 e. The van der Waals surface area contributed by atoms with Gasteiger partial charge in [0, 0.05) is 63.3 Å². The van der Waals surface area contributed by atoms with Gasteiger partial charge < -0.3 is 19.9 Å². The van der Waals surface area contributed by atoms with Gasteiger partial charge in [0.25, 0.3) is 0 Å². The molecule has 1 atom stereocenters. The van der Waals surface area contributed by atoms with Gasteiger partial charge in [0.2, 0.25) is 5.95 Å². The summed E-state index contributed by atoms with van der Waals surface area (Å²) in [4.78, 5) is 27.9. The van der Waals surface area contributed by atoms with E-state index < -0.39 is 0 Å². The van der Waals surface area contributed by atoms with Gasteiger partial charge in [-0.3, -0.25) is 4.90 Å². The molecule has 3 rings (SSSR count). The van der Waals surface area contributed by atoms with Gasteiger partial charge in [-0.15, -0.1) is 0 Å². The molecule has 28 heavy (non-hydrogen) atoms. The van der Waals surface area contributed by atoms with E-state index in [4.69, 9.17) is 4.74 Å². The normalized spacial score (nSPS) is 21.5. The molecular formula is C20H34N6O2. The lowest BCUT2D eigenvalue weighted by atomic mass is 10.0. The van der Waals surface area contributed by atoms with Crippen LogP contribution in [0, 0.1) is 0 Å². The van der Waals surface area contributed by atoms with Crippen molar-refractivity contribution in [1.82, 2.24) is 25.1 Å². The first-order chi connectivity index (χ1) is 13.7. The molecule has 0 aromatic carbocycles.